The van der Waals surface area contributed by atoms with Gasteiger partial charge in [0.25, 0.3) is 0 Å². The van der Waals surface area contributed by atoms with E-state index in [1.165, 1.54) is 15.3 Å². The van der Waals surface area contributed by atoms with E-state index in [2.05, 4.69) is 39.4 Å². The summed E-state index contributed by atoms with van der Waals surface area (Å²) in [5, 5.41) is 7.09. The van der Waals surface area contributed by atoms with Crippen LogP contribution in [0.1, 0.15) is 24.5 Å². The smallest absolute Gasteiger partial charge is 0.245 e. The number of aromatic amines is 1. The highest BCUT2D eigenvalue weighted by atomic mass is 127. The van der Waals surface area contributed by atoms with Gasteiger partial charge in [0.15, 0.2) is 0 Å². The highest BCUT2D eigenvalue weighted by Gasteiger charge is 2.24. The topological polar surface area (TPSA) is 49.0 Å². The Morgan fingerprint density at radius 3 is 2.81 bits per heavy atom. The molecule has 0 bridgehead atoms. The minimum Gasteiger partial charge on any atom is -0.339 e. The number of piperidine rings is 1. The van der Waals surface area contributed by atoms with Gasteiger partial charge in [0.2, 0.25) is 5.91 Å². The van der Waals surface area contributed by atoms with E-state index in [0.717, 1.165) is 25.9 Å². The van der Waals surface area contributed by atoms with Crippen LogP contribution in [0.15, 0.2) is 18.9 Å². The molecule has 2 rings (SSSR count). The molecule has 1 aliphatic heterocycles. The molecular formula is C11H14IN3O. The van der Waals surface area contributed by atoms with Crippen LogP contribution < -0.4 is 0 Å². The molecule has 0 aliphatic carbocycles. The van der Waals surface area contributed by atoms with Gasteiger partial charge in [0.05, 0.1) is 15.5 Å². The number of likely N-dealkylation sites (tertiary alicyclic amines) is 1. The van der Waals surface area contributed by atoms with E-state index >= 15 is 0 Å². The van der Waals surface area contributed by atoms with Gasteiger partial charge in [-0.3, -0.25) is 9.89 Å². The largest absolute Gasteiger partial charge is 0.339 e. The number of H-pyrrole nitrogens is 1. The van der Waals surface area contributed by atoms with E-state index in [0.29, 0.717) is 5.92 Å². The van der Waals surface area contributed by atoms with Crippen LogP contribution in [-0.4, -0.2) is 34.1 Å². The third-order valence-electron chi connectivity index (χ3n) is 3.01. The first-order chi connectivity index (χ1) is 7.72. The fraction of sp³-hybridized carbons (Fsp3) is 0.455. The zero-order valence-electron chi connectivity index (χ0n) is 8.95. The number of hydrogen-bond acceptors (Lipinski definition) is 2. The van der Waals surface area contributed by atoms with Crippen LogP contribution in [-0.2, 0) is 4.79 Å². The van der Waals surface area contributed by atoms with Crippen molar-refractivity contribution < 1.29 is 4.79 Å². The predicted molar refractivity (Wildman–Crippen MR) is 70.1 cm³/mol. The van der Waals surface area contributed by atoms with Crippen molar-refractivity contribution in [3.05, 3.63) is 28.1 Å². The van der Waals surface area contributed by atoms with E-state index in [1.807, 2.05) is 11.1 Å². The lowest BCUT2D eigenvalue weighted by atomic mass is 9.94. The van der Waals surface area contributed by atoms with Crippen molar-refractivity contribution in [3.63, 3.8) is 0 Å². The van der Waals surface area contributed by atoms with Crippen LogP contribution in [0.5, 0.6) is 0 Å². The number of hydrogen-bond donors (Lipinski definition) is 1. The zero-order chi connectivity index (χ0) is 11.5. The number of aromatic nitrogens is 2. The first-order valence-electron chi connectivity index (χ1n) is 5.32. The zero-order valence-corrected chi connectivity index (χ0v) is 11.1. The number of rotatable bonds is 2. The van der Waals surface area contributed by atoms with Gasteiger partial charge in [-0.15, -0.1) is 0 Å². The summed E-state index contributed by atoms with van der Waals surface area (Å²) in [4.78, 5) is 13.3. The Morgan fingerprint density at radius 1 is 1.62 bits per heavy atom. The lowest BCUT2D eigenvalue weighted by molar-refractivity contribution is -0.127. The maximum absolute atomic E-state index is 11.4. The number of amides is 1. The molecule has 1 aromatic rings. The van der Waals surface area contributed by atoms with Gasteiger partial charge < -0.3 is 4.90 Å². The Kier molecular flexibility index (Phi) is 3.63. The Bertz CT molecular complexity index is 394. The molecule has 0 saturated carbocycles. The molecule has 1 saturated heterocycles. The van der Waals surface area contributed by atoms with Crippen molar-refractivity contribution in [3.8, 4) is 0 Å². The summed E-state index contributed by atoms with van der Waals surface area (Å²) in [5.41, 5.74) is 1.21. The van der Waals surface area contributed by atoms with Crippen LogP contribution in [0, 0.1) is 3.57 Å². The van der Waals surface area contributed by atoms with Gasteiger partial charge in [-0.25, -0.2) is 0 Å². The van der Waals surface area contributed by atoms with Crippen molar-refractivity contribution in [1.29, 1.82) is 0 Å². The molecule has 0 atom stereocenters. The number of nitrogens with zero attached hydrogens (tertiary/aromatic N) is 2. The van der Waals surface area contributed by atoms with Gasteiger partial charge >= 0.3 is 0 Å². The number of halogens is 1. The van der Waals surface area contributed by atoms with E-state index in [9.17, 15) is 4.79 Å². The van der Waals surface area contributed by atoms with Crippen molar-refractivity contribution >= 4 is 28.5 Å². The van der Waals surface area contributed by atoms with Crippen molar-refractivity contribution in [2.24, 2.45) is 0 Å². The highest BCUT2D eigenvalue weighted by molar-refractivity contribution is 14.1. The second-order valence-electron chi connectivity index (χ2n) is 3.94. The third-order valence-corrected chi connectivity index (χ3v) is 3.87. The first kappa shape index (κ1) is 11.6. The van der Waals surface area contributed by atoms with E-state index < -0.39 is 0 Å². The summed E-state index contributed by atoms with van der Waals surface area (Å²) in [6.07, 6.45) is 5.23. The van der Waals surface area contributed by atoms with Crippen molar-refractivity contribution in [2.75, 3.05) is 13.1 Å². The monoisotopic (exact) mass is 331 g/mol. The van der Waals surface area contributed by atoms with Gasteiger partial charge in [-0.1, -0.05) is 6.58 Å². The molecule has 5 heteroatoms. The van der Waals surface area contributed by atoms with Crippen LogP contribution in [0.2, 0.25) is 0 Å². The summed E-state index contributed by atoms with van der Waals surface area (Å²) in [7, 11) is 0. The molecule has 1 amide bonds. The van der Waals surface area contributed by atoms with Crippen LogP contribution >= 0.6 is 22.6 Å². The maximum Gasteiger partial charge on any atom is 0.245 e. The normalized spacial score (nSPS) is 17.4. The Morgan fingerprint density at radius 2 is 2.31 bits per heavy atom. The van der Waals surface area contributed by atoms with Crippen LogP contribution in [0.3, 0.4) is 0 Å². The fourth-order valence-corrected chi connectivity index (χ4v) is 2.79. The van der Waals surface area contributed by atoms with Gasteiger partial charge in [0, 0.05) is 19.0 Å². The molecule has 2 heterocycles. The first-order valence-corrected chi connectivity index (χ1v) is 6.40. The highest BCUT2D eigenvalue weighted by Crippen LogP contribution is 2.29. The molecule has 0 spiro atoms. The molecule has 1 aliphatic rings. The molecule has 0 radical (unpaired) electrons. The SMILES string of the molecule is C=CC(=O)N1CCC(c2[nH]ncc2I)CC1. The fourth-order valence-electron chi connectivity index (χ4n) is 2.09. The number of carbonyl (C=O) groups excluding carboxylic acids is 1. The van der Waals surface area contributed by atoms with Crippen molar-refractivity contribution in [2.45, 2.75) is 18.8 Å². The predicted octanol–water partition coefficient (Wildman–Crippen LogP) is 1.91. The minimum absolute atomic E-state index is 0.0396. The lowest BCUT2D eigenvalue weighted by Gasteiger charge is -2.30. The van der Waals surface area contributed by atoms with E-state index in [-0.39, 0.29) is 5.91 Å². The molecule has 1 fully saturated rings. The number of nitrogens with one attached hydrogen (secondary N) is 1. The van der Waals surface area contributed by atoms with Gasteiger partial charge in [0.1, 0.15) is 0 Å². The molecule has 0 unspecified atom stereocenters. The molecule has 16 heavy (non-hydrogen) atoms. The average molecular weight is 331 g/mol. The molecule has 1 aromatic heterocycles. The van der Waals surface area contributed by atoms with E-state index in [4.69, 9.17) is 0 Å². The summed E-state index contributed by atoms with van der Waals surface area (Å²) >= 11 is 2.29. The van der Waals surface area contributed by atoms with Gasteiger partial charge in [-0.05, 0) is 41.5 Å². The van der Waals surface area contributed by atoms with Crippen LogP contribution in [0.25, 0.3) is 0 Å². The van der Waals surface area contributed by atoms with Crippen LogP contribution in [0.4, 0.5) is 0 Å². The number of carbonyl (C=O) groups is 1. The maximum atomic E-state index is 11.4. The molecular weight excluding hydrogens is 317 g/mol. The average Bonchev–Trinajstić information content (AvgIpc) is 2.75. The minimum atomic E-state index is 0.0396. The van der Waals surface area contributed by atoms with Gasteiger partial charge in [-0.2, -0.15) is 5.10 Å². The lowest BCUT2D eigenvalue weighted by Crippen LogP contribution is -2.37. The summed E-state index contributed by atoms with van der Waals surface area (Å²) in [6, 6.07) is 0. The summed E-state index contributed by atoms with van der Waals surface area (Å²) in [5.74, 6) is 0.543. The van der Waals surface area contributed by atoms with E-state index in [1.54, 1.807) is 0 Å². The summed E-state index contributed by atoms with van der Waals surface area (Å²) < 4.78 is 1.19. The molecule has 86 valence electrons. The Labute approximate surface area is 108 Å². The van der Waals surface area contributed by atoms with Crippen molar-refractivity contribution in [1.82, 2.24) is 15.1 Å². The molecule has 1 N–H and O–H groups in total. The standard InChI is InChI=1S/C11H14IN3O/c1-2-10(16)15-5-3-8(4-6-15)11-9(12)7-13-14-11/h2,7-8H,1,3-6H2,(H,13,14). The Balaban J connectivity index is 1.98. The quantitative estimate of drug-likeness (QED) is 0.665. The molecule has 4 nitrogen and oxygen atoms in total. The Hall–Kier alpha value is -0.850. The second-order valence-corrected chi connectivity index (χ2v) is 5.10. The summed E-state index contributed by atoms with van der Waals surface area (Å²) in [6.45, 7) is 5.13. The molecule has 0 aromatic carbocycles. The third kappa shape index (κ3) is 2.28. The second kappa shape index (κ2) is 4.99.